The fraction of sp³-hybridized carbons (Fsp3) is 0.500. The highest BCUT2D eigenvalue weighted by atomic mass is 32.2. The van der Waals surface area contributed by atoms with Crippen molar-refractivity contribution in [2.45, 2.75) is 26.7 Å². The average molecular weight is 480 g/mol. The third-order valence-corrected chi connectivity index (χ3v) is 8.40. The monoisotopic (exact) mass is 479 g/mol. The van der Waals surface area contributed by atoms with Crippen molar-refractivity contribution in [1.82, 2.24) is 19.6 Å². The average Bonchev–Trinajstić information content (AvgIpc) is 3.59. The van der Waals surface area contributed by atoms with Gasteiger partial charge in [-0.25, -0.2) is 23.1 Å². The Morgan fingerprint density at radius 2 is 2.06 bits per heavy atom. The topological polar surface area (TPSA) is 109 Å². The molecule has 1 saturated carbocycles. The molecule has 178 valence electrons. The van der Waals surface area contributed by atoms with E-state index in [0.29, 0.717) is 72.2 Å². The minimum absolute atomic E-state index is 0.417. The third-order valence-electron chi connectivity index (χ3n) is 6.14. The number of hydrogen-bond donors (Lipinski definition) is 0. The van der Waals surface area contributed by atoms with Crippen LogP contribution in [0.25, 0.3) is 16.8 Å². The highest BCUT2D eigenvalue weighted by molar-refractivity contribution is 7.93. The lowest BCUT2D eigenvalue weighted by Gasteiger charge is -2.29. The van der Waals surface area contributed by atoms with Crippen LogP contribution in [-0.4, -0.2) is 61.5 Å². The molecule has 0 aromatic carbocycles. The largest absolute Gasteiger partial charge is 0.476 e. The summed E-state index contributed by atoms with van der Waals surface area (Å²) in [6.45, 7) is 6.81. The summed E-state index contributed by atoms with van der Waals surface area (Å²) in [5.74, 6) is 3.47. The lowest BCUT2D eigenvalue weighted by Crippen LogP contribution is -2.40. The fourth-order valence-electron chi connectivity index (χ4n) is 3.91. The number of anilines is 1. The first-order valence-electron chi connectivity index (χ1n) is 11.7. The van der Waals surface area contributed by atoms with Gasteiger partial charge in [-0.1, -0.05) is 13.8 Å². The standard InChI is InChI=1S/C24H29N7O2S/c1-17(2)12-28-34(32)9-7-30(8-10-34)21-6-5-19(13-26-21)23-24-20(11-25)14-27-31(24)15-22(29-23)33-16-18-3-4-18/h5-6,13-15,17-18H,3-4,7-10,12,16H2,1-2H3. The SMILES string of the molecule is CC(C)CN=S1(=O)CCN(c2ccc(-c3nc(OCC4CC4)cn4ncc(C#N)c34)cn2)CC1. The molecule has 2 fully saturated rings. The van der Waals surface area contributed by atoms with E-state index in [0.717, 1.165) is 11.4 Å². The molecule has 10 heteroatoms. The molecule has 0 unspecified atom stereocenters. The lowest BCUT2D eigenvalue weighted by molar-refractivity contribution is 0.287. The Balaban J connectivity index is 1.38. The van der Waals surface area contributed by atoms with Gasteiger partial charge in [-0.2, -0.15) is 10.4 Å². The number of ether oxygens (including phenoxy) is 1. The molecule has 4 heterocycles. The van der Waals surface area contributed by atoms with Gasteiger partial charge in [0.05, 0.1) is 35.3 Å². The summed E-state index contributed by atoms with van der Waals surface area (Å²) in [7, 11) is -2.12. The van der Waals surface area contributed by atoms with Crippen LogP contribution in [0.4, 0.5) is 5.82 Å². The molecular formula is C24H29N7O2S. The second-order valence-corrected chi connectivity index (χ2v) is 12.0. The Labute approximate surface area is 200 Å². The van der Waals surface area contributed by atoms with Crippen molar-refractivity contribution in [1.29, 1.82) is 5.26 Å². The van der Waals surface area contributed by atoms with Crippen LogP contribution in [-0.2, 0) is 9.73 Å². The highest BCUT2D eigenvalue weighted by Gasteiger charge is 2.24. The number of fused-ring (bicyclic) bond motifs is 1. The van der Waals surface area contributed by atoms with Crippen molar-refractivity contribution >= 4 is 21.1 Å². The zero-order chi connectivity index (χ0) is 23.7. The van der Waals surface area contributed by atoms with Crippen LogP contribution >= 0.6 is 0 Å². The maximum Gasteiger partial charge on any atom is 0.232 e. The van der Waals surface area contributed by atoms with E-state index >= 15 is 0 Å². The molecule has 2 aliphatic rings. The van der Waals surface area contributed by atoms with Gasteiger partial charge in [0.25, 0.3) is 0 Å². The number of aromatic nitrogens is 4. The number of hydrogen-bond acceptors (Lipinski definition) is 8. The molecule has 0 N–H and O–H groups in total. The Hall–Kier alpha value is -3.19. The molecule has 1 aliphatic carbocycles. The Kier molecular flexibility index (Phi) is 6.13. The van der Waals surface area contributed by atoms with E-state index < -0.39 is 9.73 Å². The van der Waals surface area contributed by atoms with Gasteiger partial charge in [-0.3, -0.25) is 0 Å². The van der Waals surface area contributed by atoms with Gasteiger partial charge < -0.3 is 9.64 Å². The molecule has 34 heavy (non-hydrogen) atoms. The molecule has 3 aromatic heterocycles. The van der Waals surface area contributed by atoms with E-state index in [9.17, 15) is 9.47 Å². The van der Waals surface area contributed by atoms with Crippen molar-refractivity contribution in [2.75, 3.05) is 42.6 Å². The molecule has 1 aliphatic heterocycles. The fourth-order valence-corrected chi connectivity index (χ4v) is 5.95. The smallest absolute Gasteiger partial charge is 0.232 e. The normalized spacial score (nSPS) is 17.6. The minimum atomic E-state index is -2.12. The van der Waals surface area contributed by atoms with Crippen molar-refractivity contribution in [2.24, 2.45) is 16.2 Å². The number of pyridine rings is 1. The molecule has 5 rings (SSSR count). The second kappa shape index (κ2) is 9.22. The van der Waals surface area contributed by atoms with Crippen molar-refractivity contribution in [3.05, 3.63) is 36.3 Å². The molecular weight excluding hydrogens is 450 g/mol. The predicted octanol–water partition coefficient (Wildman–Crippen LogP) is 3.40. The van der Waals surface area contributed by atoms with Gasteiger partial charge in [0.1, 0.15) is 28.7 Å². The molecule has 0 amide bonds. The van der Waals surface area contributed by atoms with E-state index in [4.69, 9.17) is 9.72 Å². The first kappa shape index (κ1) is 22.6. The van der Waals surface area contributed by atoms with Crippen LogP contribution in [0.15, 0.2) is 35.1 Å². The number of nitrogens with zero attached hydrogens (tertiary/aromatic N) is 7. The van der Waals surface area contributed by atoms with Gasteiger partial charge in [-0.15, -0.1) is 0 Å². The van der Waals surface area contributed by atoms with Gasteiger partial charge in [-0.05, 0) is 36.8 Å². The van der Waals surface area contributed by atoms with E-state index in [1.165, 1.54) is 12.8 Å². The molecule has 1 saturated heterocycles. The quantitative estimate of drug-likeness (QED) is 0.511. The highest BCUT2D eigenvalue weighted by Crippen LogP contribution is 2.31. The zero-order valence-corrected chi connectivity index (χ0v) is 20.4. The summed E-state index contributed by atoms with van der Waals surface area (Å²) < 4.78 is 25.0. The van der Waals surface area contributed by atoms with E-state index in [1.54, 1.807) is 23.1 Å². The van der Waals surface area contributed by atoms with Crippen molar-refractivity contribution in [3.8, 4) is 23.2 Å². The van der Waals surface area contributed by atoms with Gasteiger partial charge in [0.15, 0.2) is 0 Å². The summed E-state index contributed by atoms with van der Waals surface area (Å²) >= 11 is 0. The molecule has 9 nitrogen and oxygen atoms in total. The summed E-state index contributed by atoms with van der Waals surface area (Å²) in [6.07, 6.45) is 7.42. The first-order chi connectivity index (χ1) is 16.4. The predicted molar refractivity (Wildman–Crippen MR) is 131 cm³/mol. The number of rotatable bonds is 7. The second-order valence-electron chi connectivity index (χ2n) is 9.42. The van der Waals surface area contributed by atoms with Crippen molar-refractivity contribution < 1.29 is 8.95 Å². The van der Waals surface area contributed by atoms with E-state index in [2.05, 4.69) is 39.3 Å². The first-order valence-corrected chi connectivity index (χ1v) is 13.6. The lowest BCUT2D eigenvalue weighted by atomic mass is 10.1. The number of nitriles is 1. The summed E-state index contributed by atoms with van der Waals surface area (Å²) in [4.78, 5) is 11.5. The van der Waals surface area contributed by atoms with Crippen LogP contribution in [0.5, 0.6) is 5.88 Å². The zero-order valence-electron chi connectivity index (χ0n) is 19.6. The summed E-state index contributed by atoms with van der Waals surface area (Å²) in [6, 6.07) is 6.11. The van der Waals surface area contributed by atoms with Gasteiger partial charge in [0.2, 0.25) is 5.88 Å². The summed E-state index contributed by atoms with van der Waals surface area (Å²) in [5, 5.41) is 13.9. The van der Waals surface area contributed by atoms with Crippen LogP contribution in [0, 0.1) is 23.2 Å². The van der Waals surface area contributed by atoms with Gasteiger partial charge in [0, 0.05) is 36.4 Å². The van der Waals surface area contributed by atoms with Crippen LogP contribution in [0.1, 0.15) is 32.3 Å². The maximum absolute atomic E-state index is 12.9. The van der Waals surface area contributed by atoms with Gasteiger partial charge >= 0.3 is 0 Å². The molecule has 0 atom stereocenters. The summed E-state index contributed by atoms with van der Waals surface area (Å²) in [5.41, 5.74) is 2.50. The minimum Gasteiger partial charge on any atom is -0.476 e. The molecule has 0 bridgehead atoms. The van der Waals surface area contributed by atoms with Crippen LogP contribution in [0.2, 0.25) is 0 Å². The van der Waals surface area contributed by atoms with Crippen LogP contribution < -0.4 is 9.64 Å². The molecule has 0 spiro atoms. The Morgan fingerprint density at radius 3 is 2.71 bits per heavy atom. The Bertz CT molecular complexity index is 1330. The van der Waals surface area contributed by atoms with Crippen molar-refractivity contribution in [3.63, 3.8) is 0 Å². The van der Waals surface area contributed by atoms with E-state index in [1.807, 2.05) is 12.1 Å². The molecule has 0 radical (unpaired) electrons. The van der Waals surface area contributed by atoms with Crippen LogP contribution in [0.3, 0.4) is 0 Å². The third kappa shape index (κ3) is 4.85. The maximum atomic E-state index is 12.9. The molecule has 3 aromatic rings. The van der Waals surface area contributed by atoms with E-state index in [-0.39, 0.29) is 0 Å². The Morgan fingerprint density at radius 1 is 1.26 bits per heavy atom.